The number of fused-ring (bicyclic) bond motifs is 1. The van der Waals surface area contributed by atoms with Crippen molar-refractivity contribution in [2.45, 2.75) is 62.8 Å². The molecule has 1 saturated heterocycles. The Bertz CT molecular complexity index is 708. The molecule has 7 nitrogen and oxygen atoms in total. The number of carbonyl (C=O) groups is 2. The molecule has 5 fully saturated rings. The van der Waals surface area contributed by atoms with Crippen LogP contribution in [0.2, 0.25) is 0 Å². The second-order valence-electron chi connectivity index (χ2n) is 9.68. The molecule has 7 heteroatoms. The summed E-state index contributed by atoms with van der Waals surface area (Å²) in [5, 5.41) is 41.6. The molecule has 0 aromatic heterocycles. The van der Waals surface area contributed by atoms with Gasteiger partial charge in [-0.15, -0.1) is 0 Å². The highest BCUT2D eigenvalue weighted by atomic mass is 16.6. The van der Waals surface area contributed by atoms with Gasteiger partial charge in [-0.3, -0.25) is 9.59 Å². The molecular formula is C19H26O7. The molecule has 26 heavy (non-hydrogen) atoms. The predicted molar refractivity (Wildman–Crippen MR) is 86.7 cm³/mol. The fraction of sp³-hybridized carbons (Fsp3) is 0.895. The standard InChI is InChI=1S/C19H26O7/c1-16-11(21)4-5-19(26-15(16)24)10-3-2-9-6-17(10,7-18(9,25)8-20)12(13(16)19)14(22)23/h9-13,20-21,25H,2-8H2,1H3,(H,22,23)/t9-,10+,11-,12+,13+,16?,17+,18-,19+/m0/s1. The van der Waals surface area contributed by atoms with E-state index in [-0.39, 0.29) is 24.9 Å². The van der Waals surface area contributed by atoms with Crippen molar-refractivity contribution in [2.75, 3.05) is 6.61 Å². The molecule has 5 aliphatic rings. The van der Waals surface area contributed by atoms with Crippen LogP contribution in [-0.2, 0) is 14.3 Å². The number of hydrogen-bond donors (Lipinski definition) is 4. The van der Waals surface area contributed by atoms with Crippen LogP contribution in [0.5, 0.6) is 0 Å². The highest BCUT2D eigenvalue weighted by molar-refractivity contribution is 5.85. The molecule has 0 amide bonds. The Hall–Kier alpha value is -1.18. The monoisotopic (exact) mass is 366 g/mol. The lowest BCUT2D eigenvalue weighted by molar-refractivity contribution is -0.162. The maximum absolute atomic E-state index is 12.8. The molecule has 4 N–H and O–H groups in total. The zero-order valence-electron chi connectivity index (χ0n) is 14.9. The number of aliphatic hydroxyl groups excluding tert-OH is 2. The van der Waals surface area contributed by atoms with Crippen LogP contribution in [0.1, 0.15) is 45.4 Å². The predicted octanol–water partition coefficient (Wildman–Crippen LogP) is 0.303. The van der Waals surface area contributed by atoms with Gasteiger partial charge in [0.1, 0.15) is 5.60 Å². The molecule has 4 bridgehead atoms. The SMILES string of the molecule is CC12C(=O)O[C@@]3(CC[C@@H]1O)[C@@H]2[C@H](C(=O)O)[C@@]12C[C@H](CC[C@H]13)[C@@](O)(CO)C2. The molecule has 5 rings (SSSR count). The first-order valence-corrected chi connectivity index (χ1v) is 9.63. The van der Waals surface area contributed by atoms with E-state index in [1.807, 2.05) is 0 Å². The van der Waals surface area contributed by atoms with Crippen LogP contribution in [0.4, 0.5) is 0 Å². The smallest absolute Gasteiger partial charge is 0.315 e. The summed E-state index contributed by atoms with van der Waals surface area (Å²) in [5.74, 6) is -3.18. The molecule has 1 unspecified atom stereocenters. The zero-order chi connectivity index (χ0) is 18.7. The number of aliphatic hydroxyl groups is 3. The average Bonchev–Trinajstić information content (AvgIpc) is 3.04. The van der Waals surface area contributed by atoms with E-state index >= 15 is 0 Å². The largest absolute Gasteiger partial charge is 0.481 e. The summed E-state index contributed by atoms with van der Waals surface area (Å²) in [7, 11) is 0. The lowest BCUT2D eigenvalue weighted by Gasteiger charge is -2.44. The van der Waals surface area contributed by atoms with E-state index in [9.17, 15) is 30.0 Å². The van der Waals surface area contributed by atoms with Crippen molar-refractivity contribution in [1.29, 1.82) is 0 Å². The van der Waals surface area contributed by atoms with Crippen molar-refractivity contribution in [2.24, 2.45) is 34.5 Å². The minimum Gasteiger partial charge on any atom is -0.481 e. The van der Waals surface area contributed by atoms with E-state index in [4.69, 9.17) is 4.74 Å². The third-order valence-electron chi connectivity index (χ3n) is 9.00. The Labute approximate surface area is 151 Å². The molecule has 4 saturated carbocycles. The first-order valence-electron chi connectivity index (χ1n) is 9.63. The molecule has 1 spiro atoms. The summed E-state index contributed by atoms with van der Waals surface area (Å²) in [4.78, 5) is 25.2. The molecule has 0 radical (unpaired) electrons. The van der Waals surface area contributed by atoms with Gasteiger partial charge in [-0.25, -0.2) is 0 Å². The van der Waals surface area contributed by atoms with Crippen LogP contribution in [0.15, 0.2) is 0 Å². The highest BCUT2D eigenvalue weighted by Crippen LogP contribution is 2.78. The van der Waals surface area contributed by atoms with Gasteiger partial charge in [0.25, 0.3) is 0 Å². The summed E-state index contributed by atoms with van der Waals surface area (Å²) in [5.41, 5.74) is -4.04. The molecule has 0 aromatic carbocycles. The molecule has 4 aliphatic carbocycles. The molecule has 1 heterocycles. The Balaban J connectivity index is 1.73. The molecule has 0 aromatic rings. The second kappa shape index (κ2) is 4.62. The lowest BCUT2D eigenvalue weighted by Crippen LogP contribution is -2.53. The van der Waals surface area contributed by atoms with Gasteiger partial charge in [0.15, 0.2) is 0 Å². The summed E-state index contributed by atoms with van der Waals surface area (Å²) >= 11 is 0. The molecule has 1 aliphatic heterocycles. The first-order chi connectivity index (χ1) is 12.2. The number of hydrogen-bond acceptors (Lipinski definition) is 6. The van der Waals surface area contributed by atoms with Gasteiger partial charge in [0.2, 0.25) is 0 Å². The number of esters is 1. The van der Waals surface area contributed by atoms with Crippen molar-refractivity contribution in [3.63, 3.8) is 0 Å². The number of ether oxygens (including phenoxy) is 1. The van der Waals surface area contributed by atoms with E-state index in [2.05, 4.69) is 0 Å². The van der Waals surface area contributed by atoms with E-state index in [1.165, 1.54) is 0 Å². The maximum atomic E-state index is 12.8. The highest BCUT2D eigenvalue weighted by Gasteiger charge is 2.84. The van der Waals surface area contributed by atoms with Crippen LogP contribution in [0.25, 0.3) is 0 Å². The van der Waals surface area contributed by atoms with Gasteiger partial charge < -0.3 is 25.2 Å². The van der Waals surface area contributed by atoms with Crippen LogP contribution in [0, 0.1) is 34.5 Å². The number of aliphatic carboxylic acids is 1. The van der Waals surface area contributed by atoms with E-state index in [0.717, 1.165) is 0 Å². The van der Waals surface area contributed by atoms with Crippen molar-refractivity contribution in [3.8, 4) is 0 Å². The number of carbonyl (C=O) groups excluding carboxylic acids is 1. The van der Waals surface area contributed by atoms with Crippen LogP contribution < -0.4 is 0 Å². The zero-order valence-corrected chi connectivity index (χ0v) is 14.9. The van der Waals surface area contributed by atoms with Gasteiger partial charge in [-0.1, -0.05) is 0 Å². The summed E-state index contributed by atoms with van der Waals surface area (Å²) in [6.07, 6.45) is 2.12. The normalized spacial score (nSPS) is 59.7. The first kappa shape index (κ1) is 17.0. The second-order valence-corrected chi connectivity index (χ2v) is 9.68. The Morgan fingerprint density at radius 3 is 2.69 bits per heavy atom. The van der Waals surface area contributed by atoms with Gasteiger partial charge >= 0.3 is 11.9 Å². The quantitative estimate of drug-likeness (QED) is 0.518. The lowest BCUT2D eigenvalue weighted by atomic mass is 9.59. The topological polar surface area (TPSA) is 124 Å². The van der Waals surface area contributed by atoms with Crippen molar-refractivity contribution in [1.82, 2.24) is 0 Å². The van der Waals surface area contributed by atoms with Crippen molar-refractivity contribution in [3.05, 3.63) is 0 Å². The third-order valence-corrected chi connectivity index (χ3v) is 9.00. The van der Waals surface area contributed by atoms with Gasteiger partial charge in [0.05, 0.1) is 29.6 Å². The van der Waals surface area contributed by atoms with E-state index in [0.29, 0.717) is 32.1 Å². The van der Waals surface area contributed by atoms with E-state index in [1.54, 1.807) is 6.92 Å². The fourth-order valence-electron chi connectivity index (χ4n) is 8.10. The average molecular weight is 366 g/mol. The van der Waals surface area contributed by atoms with Crippen LogP contribution in [-0.4, -0.2) is 56.3 Å². The van der Waals surface area contributed by atoms with Gasteiger partial charge in [0, 0.05) is 11.8 Å². The van der Waals surface area contributed by atoms with Gasteiger partial charge in [-0.2, -0.15) is 0 Å². The minimum atomic E-state index is -1.27. The Morgan fingerprint density at radius 2 is 2.04 bits per heavy atom. The van der Waals surface area contributed by atoms with E-state index < -0.39 is 51.9 Å². The number of rotatable bonds is 2. The number of carboxylic acid groups (broad SMARTS) is 1. The van der Waals surface area contributed by atoms with Crippen LogP contribution in [0.3, 0.4) is 0 Å². The molecular weight excluding hydrogens is 340 g/mol. The Morgan fingerprint density at radius 1 is 1.31 bits per heavy atom. The Kier molecular flexibility index (Phi) is 3.01. The summed E-state index contributed by atoms with van der Waals surface area (Å²) in [6.45, 7) is 1.27. The van der Waals surface area contributed by atoms with Crippen molar-refractivity contribution < 1.29 is 34.8 Å². The number of carboxylic acids is 1. The van der Waals surface area contributed by atoms with Gasteiger partial charge in [-0.05, 0) is 56.8 Å². The molecule has 144 valence electrons. The van der Waals surface area contributed by atoms with Crippen molar-refractivity contribution >= 4 is 11.9 Å². The minimum absolute atomic E-state index is 0.130. The third kappa shape index (κ3) is 1.51. The summed E-state index contributed by atoms with van der Waals surface area (Å²) < 4.78 is 5.96. The summed E-state index contributed by atoms with van der Waals surface area (Å²) in [6, 6.07) is 0. The fourth-order valence-corrected chi connectivity index (χ4v) is 8.10. The molecule has 9 atom stereocenters. The maximum Gasteiger partial charge on any atom is 0.315 e. The van der Waals surface area contributed by atoms with Crippen LogP contribution >= 0.6 is 0 Å².